The SMILES string of the molecule is C.C.C.C.C.C.C.C.C.CC(C)=C1C2CCC1c1c(Cl)cccc12. The number of benzene rings is 1. The van der Waals surface area contributed by atoms with E-state index in [1.807, 2.05) is 6.07 Å². The van der Waals surface area contributed by atoms with Crippen LogP contribution in [0.2, 0.25) is 5.02 Å². The lowest BCUT2D eigenvalue weighted by atomic mass is 9.92. The van der Waals surface area contributed by atoms with Crippen LogP contribution in [-0.4, -0.2) is 0 Å². The van der Waals surface area contributed by atoms with Crippen molar-refractivity contribution in [3.63, 3.8) is 0 Å². The van der Waals surface area contributed by atoms with Crippen molar-refractivity contribution in [3.05, 3.63) is 45.5 Å². The third-order valence-corrected chi connectivity index (χ3v) is 4.21. The minimum atomic E-state index is 0. The van der Waals surface area contributed by atoms with Crippen molar-refractivity contribution in [2.45, 2.75) is 105 Å². The van der Waals surface area contributed by atoms with Gasteiger partial charge >= 0.3 is 0 Å². The second kappa shape index (κ2) is 15.8. The van der Waals surface area contributed by atoms with Crippen LogP contribution in [0, 0.1) is 0 Å². The molecule has 0 radical (unpaired) electrons. The van der Waals surface area contributed by atoms with Crippen LogP contribution in [0.4, 0.5) is 0 Å². The first-order chi connectivity index (χ1) is 7.20. The van der Waals surface area contributed by atoms with Gasteiger partial charge in [0, 0.05) is 16.9 Å². The maximum absolute atomic E-state index is 6.31. The van der Waals surface area contributed by atoms with Crippen LogP contribution >= 0.6 is 11.6 Å². The van der Waals surface area contributed by atoms with Crippen molar-refractivity contribution in [3.8, 4) is 0 Å². The molecule has 1 saturated carbocycles. The van der Waals surface area contributed by atoms with Crippen LogP contribution in [-0.2, 0) is 0 Å². The van der Waals surface area contributed by atoms with Crippen LogP contribution < -0.4 is 0 Å². The average Bonchev–Trinajstić information content (AvgIpc) is 2.73. The average molecular weight is 363 g/mol. The van der Waals surface area contributed by atoms with E-state index in [2.05, 4.69) is 26.0 Å². The highest BCUT2D eigenvalue weighted by atomic mass is 35.5. The van der Waals surface area contributed by atoms with Gasteiger partial charge in [-0.15, -0.1) is 0 Å². The molecule has 0 amide bonds. The van der Waals surface area contributed by atoms with Crippen molar-refractivity contribution in [1.29, 1.82) is 0 Å². The van der Waals surface area contributed by atoms with Gasteiger partial charge in [-0.3, -0.25) is 0 Å². The molecule has 2 atom stereocenters. The summed E-state index contributed by atoms with van der Waals surface area (Å²) in [6.45, 7) is 4.47. The molecule has 150 valence electrons. The van der Waals surface area contributed by atoms with Crippen molar-refractivity contribution in [2.24, 2.45) is 0 Å². The molecule has 2 aliphatic rings. The van der Waals surface area contributed by atoms with Crippen molar-refractivity contribution >= 4 is 11.6 Å². The van der Waals surface area contributed by atoms with Gasteiger partial charge in [0.2, 0.25) is 0 Å². The zero-order valence-corrected chi connectivity index (χ0v) is 9.93. The summed E-state index contributed by atoms with van der Waals surface area (Å²) in [4.78, 5) is 0. The zero-order valence-electron chi connectivity index (χ0n) is 9.18. The number of allylic oxidation sites excluding steroid dienone is 2. The molecule has 1 fully saturated rings. The van der Waals surface area contributed by atoms with Crippen molar-refractivity contribution < 1.29 is 0 Å². The summed E-state index contributed by atoms with van der Waals surface area (Å²) in [6.07, 6.45) is 2.61. The van der Waals surface area contributed by atoms with Crippen molar-refractivity contribution in [2.75, 3.05) is 0 Å². The molecule has 0 aliphatic heterocycles. The van der Waals surface area contributed by atoms with Crippen molar-refractivity contribution in [1.82, 2.24) is 0 Å². The maximum atomic E-state index is 6.31. The van der Waals surface area contributed by atoms with E-state index in [0.717, 1.165) is 5.02 Å². The zero-order chi connectivity index (χ0) is 10.6. The highest BCUT2D eigenvalue weighted by molar-refractivity contribution is 6.31. The van der Waals surface area contributed by atoms with E-state index in [1.54, 1.807) is 5.57 Å². The minimum absolute atomic E-state index is 0. The van der Waals surface area contributed by atoms with Crippen LogP contribution in [0.3, 0.4) is 0 Å². The fraction of sp³-hybridized carbons (Fsp3) is 0.652. The molecule has 0 aromatic heterocycles. The van der Waals surface area contributed by atoms with Gasteiger partial charge in [-0.05, 0) is 43.9 Å². The standard InChI is InChI=1S/C14H15Cl.9CH4/c1-8(2)13-10-6-7-11(13)14-9(10)4-3-5-12(14)15;;;;;;;;;/h3-5,10-11H,6-7H2,1-2H3;9*1H4. The van der Waals surface area contributed by atoms with Crippen LogP contribution in [0.5, 0.6) is 0 Å². The van der Waals surface area contributed by atoms with Crippen LogP contribution in [0.1, 0.15) is 116 Å². The van der Waals surface area contributed by atoms with Gasteiger partial charge in [0.05, 0.1) is 0 Å². The molecule has 0 heterocycles. The molecule has 1 aromatic rings. The van der Waals surface area contributed by atoms with E-state index in [0.29, 0.717) is 11.8 Å². The molecule has 0 spiro atoms. The lowest BCUT2D eigenvalue weighted by molar-refractivity contribution is 0.717. The Labute approximate surface area is 162 Å². The molecule has 2 aliphatic carbocycles. The predicted octanol–water partition coefficient (Wildman–Crippen LogP) is 10.4. The topological polar surface area (TPSA) is 0 Å². The molecular weight excluding hydrogens is 312 g/mol. The Morgan fingerprint density at radius 3 is 1.67 bits per heavy atom. The minimum Gasteiger partial charge on any atom is -0.0840 e. The summed E-state index contributed by atoms with van der Waals surface area (Å²) < 4.78 is 0. The molecule has 0 N–H and O–H groups in total. The Bertz CT molecular complexity index is 453. The number of fused-ring (bicyclic) bond motifs is 5. The third kappa shape index (κ3) is 5.96. The number of hydrogen-bond donors (Lipinski definition) is 0. The second-order valence-electron chi connectivity index (χ2n) is 4.88. The van der Waals surface area contributed by atoms with E-state index in [4.69, 9.17) is 11.6 Å². The molecule has 24 heavy (non-hydrogen) atoms. The van der Waals surface area contributed by atoms with Gasteiger partial charge in [-0.1, -0.05) is 102 Å². The molecule has 3 rings (SSSR count). The van der Waals surface area contributed by atoms with E-state index in [9.17, 15) is 0 Å². The van der Waals surface area contributed by atoms with Gasteiger partial charge in [0.1, 0.15) is 0 Å². The predicted molar refractivity (Wildman–Crippen MR) is 125 cm³/mol. The Morgan fingerprint density at radius 2 is 1.25 bits per heavy atom. The van der Waals surface area contributed by atoms with Crippen LogP contribution in [0.25, 0.3) is 0 Å². The first kappa shape index (κ1) is 43.6. The van der Waals surface area contributed by atoms with E-state index >= 15 is 0 Å². The number of halogens is 1. The van der Waals surface area contributed by atoms with Gasteiger partial charge in [-0.2, -0.15) is 0 Å². The summed E-state index contributed by atoms with van der Waals surface area (Å²) in [6, 6.07) is 6.38. The molecular formula is C23H51Cl. The Morgan fingerprint density at radius 1 is 0.792 bits per heavy atom. The normalized spacial score (nSPS) is 16.9. The number of rotatable bonds is 0. The molecule has 2 bridgehead atoms. The van der Waals surface area contributed by atoms with Gasteiger partial charge in [0.15, 0.2) is 0 Å². The summed E-state index contributed by atoms with van der Waals surface area (Å²) in [5.41, 5.74) is 6.06. The quantitative estimate of drug-likeness (QED) is 0.402. The highest BCUT2D eigenvalue weighted by Gasteiger charge is 2.42. The van der Waals surface area contributed by atoms with E-state index < -0.39 is 0 Å². The third-order valence-electron chi connectivity index (χ3n) is 3.88. The van der Waals surface area contributed by atoms with Gasteiger partial charge in [-0.25, -0.2) is 0 Å². The summed E-state index contributed by atoms with van der Waals surface area (Å²) in [5.74, 6) is 1.30. The lowest BCUT2D eigenvalue weighted by Gasteiger charge is -2.14. The second-order valence-corrected chi connectivity index (χ2v) is 5.29. The first-order valence-corrected chi connectivity index (χ1v) is 6.03. The largest absolute Gasteiger partial charge is 0.0840 e. The Balaban J connectivity index is -0.0000000642. The molecule has 2 unspecified atom stereocenters. The molecule has 0 nitrogen and oxygen atoms in total. The highest BCUT2D eigenvalue weighted by Crippen LogP contribution is 2.59. The smallest absolute Gasteiger partial charge is 0.0447 e. The summed E-state index contributed by atoms with van der Waals surface area (Å²) in [7, 11) is 0. The molecule has 1 aromatic carbocycles. The van der Waals surface area contributed by atoms with Gasteiger partial charge in [0.25, 0.3) is 0 Å². The lowest BCUT2D eigenvalue weighted by Crippen LogP contribution is -1.97. The van der Waals surface area contributed by atoms with Gasteiger partial charge < -0.3 is 0 Å². The van der Waals surface area contributed by atoms with Crippen LogP contribution in [0.15, 0.2) is 29.3 Å². The number of hydrogen-bond acceptors (Lipinski definition) is 0. The molecule has 1 heteroatoms. The van der Waals surface area contributed by atoms with E-state index in [1.165, 1.54) is 29.5 Å². The fourth-order valence-corrected chi connectivity index (χ4v) is 3.75. The fourth-order valence-electron chi connectivity index (χ4n) is 3.43. The monoisotopic (exact) mass is 362 g/mol. The summed E-state index contributed by atoms with van der Waals surface area (Å²) >= 11 is 6.31. The Hall–Kier alpha value is -0.750. The maximum Gasteiger partial charge on any atom is 0.0447 e. The summed E-state index contributed by atoms with van der Waals surface area (Å²) in [5, 5.41) is 0.971. The first-order valence-electron chi connectivity index (χ1n) is 5.65. The Kier molecular flexibility index (Phi) is 28.6. The molecule has 0 saturated heterocycles. The van der Waals surface area contributed by atoms with E-state index in [-0.39, 0.29) is 66.8 Å².